The minimum atomic E-state index is -0.372. The normalized spacial score (nSPS) is 17.7. The number of aryl methyl sites for hydroxylation is 1. The predicted octanol–water partition coefficient (Wildman–Crippen LogP) is 3.88. The number of benzene rings is 1. The smallest absolute Gasteiger partial charge is 0.326 e. The van der Waals surface area contributed by atoms with Gasteiger partial charge in [0.15, 0.2) is 5.43 Å². The van der Waals surface area contributed by atoms with Gasteiger partial charge in [-0.2, -0.15) is 5.26 Å². The molecule has 0 aliphatic heterocycles. The second-order valence-electron chi connectivity index (χ2n) is 8.13. The minimum absolute atomic E-state index is 0.0295. The van der Waals surface area contributed by atoms with Crippen LogP contribution in [0.2, 0.25) is 0 Å². The Balaban J connectivity index is 1.96. The van der Waals surface area contributed by atoms with E-state index in [4.69, 9.17) is 15.0 Å². The van der Waals surface area contributed by atoms with Gasteiger partial charge in [0.1, 0.15) is 18.0 Å². The average molecular weight is 451 g/mol. The second kappa shape index (κ2) is 8.83. The zero-order chi connectivity index (χ0) is 23.0. The van der Waals surface area contributed by atoms with Gasteiger partial charge in [0.25, 0.3) is 0 Å². The van der Waals surface area contributed by atoms with Gasteiger partial charge in [-0.05, 0) is 56.7 Å². The van der Waals surface area contributed by atoms with Gasteiger partial charge in [-0.15, -0.1) is 11.8 Å². The Morgan fingerprint density at radius 1 is 1.31 bits per heavy atom. The molecule has 1 aromatic carbocycles. The van der Waals surface area contributed by atoms with Crippen LogP contribution in [0, 0.1) is 24.2 Å². The van der Waals surface area contributed by atoms with Crippen molar-refractivity contribution in [3.63, 3.8) is 0 Å². The number of carbonyl (C=O) groups is 1. The van der Waals surface area contributed by atoms with Crippen molar-refractivity contribution >= 4 is 45.5 Å². The monoisotopic (exact) mass is 450 g/mol. The molecule has 1 fully saturated rings. The van der Waals surface area contributed by atoms with E-state index in [0.717, 1.165) is 23.3 Å². The van der Waals surface area contributed by atoms with E-state index in [2.05, 4.69) is 11.0 Å². The SMILES string of the molecule is CCOC(=O)Cn1c2nc(N(C)C3CC(C#N)C3)ccc2c(=O)c2ccc(C)c(SC)c21. The van der Waals surface area contributed by atoms with Gasteiger partial charge >= 0.3 is 5.97 Å². The first-order valence-corrected chi connectivity index (χ1v) is 11.9. The van der Waals surface area contributed by atoms with E-state index in [1.165, 1.54) is 0 Å². The Bertz CT molecular complexity index is 1300. The molecule has 2 aromatic heterocycles. The number of carbonyl (C=O) groups excluding carboxylic acids is 1. The number of hydrogen-bond donors (Lipinski definition) is 0. The van der Waals surface area contributed by atoms with E-state index < -0.39 is 0 Å². The third-order valence-corrected chi connectivity index (χ3v) is 7.13. The molecule has 0 bridgehead atoms. The average Bonchev–Trinajstić information content (AvgIpc) is 2.75. The molecule has 32 heavy (non-hydrogen) atoms. The van der Waals surface area contributed by atoms with E-state index in [9.17, 15) is 9.59 Å². The lowest BCUT2D eigenvalue weighted by molar-refractivity contribution is -0.143. The zero-order valence-electron chi connectivity index (χ0n) is 18.7. The van der Waals surface area contributed by atoms with Gasteiger partial charge < -0.3 is 14.2 Å². The van der Waals surface area contributed by atoms with Crippen LogP contribution >= 0.6 is 11.8 Å². The number of fused-ring (bicyclic) bond motifs is 2. The summed E-state index contributed by atoms with van der Waals surface area (Å²) in [6.07, 6.45) is 3.57. The lowest BCUT2D eigenvalue weighted by Crippen LogP contribution is -2.42. The van der Waals surface area contributed by atoms with Crippen molar-refractivity contribution < 1.29 is 9.53 Å². The van der Waals surface area contributed by atoms with Gasteiger partial charge in [0.2, 0.25) is 0 Å². The number of hydrogen-bond acceptors (Lipinski definition) is 7. The lowest BCUT2D eigenvalue weighted by atomic mass is 9.80. The summed E-state index contributed by atoms with van der Waals surface area (Å²) in [5.41, 5.74) is 2.12. The molecular weight excluding hydrogens is 424 g/mol. The van der Waals surface area contributed by atoms with Crippen molar-refractivity contribution in [2.45, 2.75) is 44.2 Å². The number of ether oxygens (including phenoxy) is 1. The number of aromatic nitrogens is 2. The fourth-order valence-electron chi connectivity index (χ4n) is 4.34. The molecule has 2 heterocycles. The molecule has 1 aliphatic rings. The maximum Gasteiger partial charge on any atom is 0.326 e. The Morgan fingerprint density at radius 3 is 2.69 bits per heavy atom. The maximum absolute atomic E-state index is 13.4. The van der Waals surface area contributed by atoms with Crippen LogP contribution in [0.5, 0.6) is 0 Å². The summed E-state index contributed by atoms with van der Waals surface area (Å²) in [5.74, 6) is 0.429. The van der Waals surface area contributed by atoms with Crippen LogP contribution in [0.15, 0.2) is 34.0 Å². The van der Waals surface area contributed by atoms with Gasteiger partial charge in [0, 0.05) is 23.4 Å². The summed E-state index contributed by atoms with van der Waals surface area (Å²) in [5, 5.41) is 10.1. The Labute approximate surface area is 191 Å². The van der Waals surface area contributed by atoms with E-state index in [-0.39, 0.29) is 36.5 Å². The fourth-order valence-corrected chi connectivity index (χ4v) is 5.14. The van der Waals surface area contributed by atoms with Crippen LogP contribution in [0.3, 0.4) is 0 Å². The van der Waals surface area contributed by atoms with E-state index >= 15 is 0 Å². The summed E-state index contributed by atoms with van der Waals surface area (Å²) in [6.45, 7) is 4.02. The summed E-state index contributed by atoms with van der Waals surface area (Å²) >= 11 is 1.55. The van der Waals surface area contributed by atoms with Gasteiger partial charge in [-0.1, -0.05) is 6.07 Å². The molecule has 0 spiro atoms. The molecule has 7 nitrogen and oxygen atoms in total. The highest BCUT2D eigenvalue weighted by molar-refractivity contribution is 7.98. The number of nitrogens with zero attached hydrogens (tertiary/aromatic N) is 4. The van der Waals surface area contributed by atoms with Crippen LogP contribution in [-0.4, -0.2) is 41.5 Å². The van der Waals surface area contributed by atoms with Gasteiger partial charge in [0.05, 0.1) is 29.5 Å². The predicted molar refractivity (Wildman–Crippen MR) is 127 cm³/mol. The van der Waals surface area contributed by atoms with E-state index in [0.29, 0.717) is 27.8 Å². The first-order valence-electron chi connectivity index (χ1n) is 10.7. The molecule has 0 saturated heterocycles. The van der Waals surface area contributed by atoms with Crippen LogP contribution < -0.4 is 10.3 Å². The van der Waals surface area contributed by atoms with E-state index in [1.807, 2.05) is 43.0 Å². The maximum atomic E-state index is 13.4. The van der Waals surface area contributed by atoms with Crippen molar-refractivity contribution in [2.24, 2.45) is 5.92 Å². The summed E-state index contributed by atoms with van der Waals surface area (Å²) in [7, 11) is 1.96. The number of rotatable bonds is 6. The third-order valence-electron chi connectivity index (χ3n) is 6.21. The molecule has 0 atom stereocenters. The second-order valence-corrected chi connectivity index (χ2v) is 8.95. The van der Waals surface area contributed by atoms with Crippen molar-refractivity contribution in [3.8, 4) is 6.07 Å². The van der Waals surface area contributed by atoms with Crippen LogP contribution in [0.4, 0.5) is 5.82 Å². The number of thioether (sulfide) groups is 1. The van der Waals surface area contributed by atoms with Crippen LogP contribution in [-0.2, 0) is 16.1 Å². The molecule has 3 aromatic rings. The number of nitriles is 1. The van der Waals surface area contributed by atoms with Crippen molar-refractivity contribution in [1.29, 1.82) is 5.26 Å². The number of pyridine rings is 2. The first-order chi connectivity index (χ1) is 15.4. The van der Waals surface area contributed by atoms with Crippen molar-refractivity contribution in [3.05, 3.63) is 40.1 Å². The molecule has 1 saturated carbocycles. The zero-order valence-corrected chi connectivity index (χ0v) is 19.5. The molecule has 0 amide bonds. The molecule has 4 rings (SSSR count). The standard InChI is InChI=1S/C24H26N4O3S/c1-5-31-20(29)13-28-21-17(7-6-14(2)23(21)32-4)22(30)18-8-9-19(26-24(18)28)27(3)16-10-15(11-16)12-25/h6-9,15-16H,5,10-11,13H2,1-4H3. The Hall–Kier alpha value is -3.05. The highest BCUT2D eigenvalue weighted by Gasteiger charge is 2.33. The summed E-state index contributed by atoms with van der Waals surface area (Å²) in [6, 6.07) is 9.94. The van der Waals surface area contributed by atoms with Crippen molar-refractivity contribution in [2.75, 3.05) is 24.8 Å². The molecular formula is C24H26N4O3S. The molecule has 1 aliphatic carbocycles. The quantitative estimate of drug-likeness (QED) is 0.320. The lowest BCUT2D eigenvalue weighted by Gasteiger charge is -2.38. The third kappa shape index (κ3) is 3.71. The van der Waals surface area contributed by atoms with Gasteiger partial charge in [-0.3, -0.25) is 9.59 Å². The molecule has 0 unspecified atom stereocenters. The van der Waals surface area contributed by atoms with Crippen LogP contribution in [0.25, 0.3) is 21.9 Å². The van der Waals surface area contributed by atoms with Gasteiger partial charge in [-0.25, -0.2) is 4.98 Å². The highest BCUT2D eigenvalue weighted by atomic mass is 32.2. The fraction of sp³-hybridized carbons (Fsp3) is 0.417. The van der Waals surface area contributed by atoms with E-state index in [1.54, 1.807) is 24.8 Å². The number of esters is 1. The van der Waals surface area contributed by atoms with Crippen LogP contribution in [0.1, 0.15) is 25.3 Å². The molecule has 0 N–H and O–H groups in total. The number of anilines is 1. The first kappa shape index (κ1) is 22.2. The topological polar surface area (TPSA) is 88.2 Å². The summed E-state index contributed by atoms with van der Waals surface area (Å²) in [4.78, 5) is 33.7. The molecule has 8 heteroatoms. The largest absolute Gasteiger partial charge is 0.465 e. The molecule has 0 radical (unpaired) electrons. The Kier molecular flexibility index (Phi) is 6.11. The van der Waals surface area contributed by atoms with Crippen molar-refractivity contribution in [1.82, 2.24) is 9.55 Å². The molecule has 166 valence electrons. The highest BCUT2D eigenvalue weighted by Crippen LogP contribution is 2.34. The minimum Gasteiger partial charge on any atom is -0.465 e. The Morgan fingerprint density at radius 2 is 2.03 bits per heavy atom. The summed E-state index contributed by atoms with van der Waals surface area (Å²) < 4.78 is 7.05.